The van der Waals surface area contributed by atoms with Gasteiger partial charge in [-0.15, -0.1) is 0 Å². The molecule has 1 atom stereocenters. The van der Waals surface area contributed by atoms with E-state index in [4.69, 9.17) is 19.2 Å². The van der Waals surface area contributed by atoms with Crippen LogP contribution in [0.3, 0.4) is 0 Å². The lowest BCUT2D eigenvalue weighted by molar-refractivity contribution is -0.138. The number of thiazole rings is 1. The number of esters is 1. The van der Waals surface area contributed by atoms with Gasteiger partial charge in [0, 0.05) is 11.1 Å². The summed E-state index contributed by atoms with van der Waals surface area (Å²) in [6, 6.07) is 29.6. The highest BCUT2D eigenvalue weighted by atomic mass is 127. The monoisotopic (exact) mass is 893 g/mol. The van der Waals surface area contributed by atoms with E-state index in [0.29, 0.717) is 44.3 Å². The third kappa shape index (κ3) is 7.36. The van der Waals surface area contributed by atoms with Gasteiger partial charge in [0.2, 0.25) is 0 Å². The Balaban J connectivity index is 1.47. The highest BCUT2D eigenvalue weighted by Crippen LogP contribution is 2.36. The molecule has 11 heteroatoms. The summed E-state index contributed by atoms with van der Waals surface area (Å²) in [4.78, 5) is 33.5. The lowest BCUT2D eigenvalue weighted by Crippen LogP contribution is -2.40. The number of ether oxygens (including phenoxy) is 3. The number of halogens is 2. The molecule has 1 aliphatic heterocycles. The predicted molar refractivity (Wildman–Crippen MR) is 206 cm³/mol. The molecule has 0 saturated carbocycles. The van der Waals surface area contributed by atoms with Crippen LogP contribution in [-0.2, 0) is 16.1 Å². The average molecular weight is 894 g/mol. The molecule has 0 unspecified atom stereocenters. The number of rotatable bonds is 10. The molecule has 2 heterocycles. The fourth-order valence-electron chi connectivity index (χ4n) is 5.53. The first-order valence-electron chi connectivity index (χ1n) is 15.4. The maximum absolute atomic E-state index is 14.3. The Kier molecular flexibility index (Phi) is 11.0. The summed E-state index contributed by atoms with van der Waals surface area (Å²) in [6.45, 7) is 4.62. The first-order valence-corrected chi connectivity index (χ1v) is 18.4. The minimum Gasteiger partial charge on any atom is -0.494 e. The highest BCUT2D eigenvalue weighted by molar-refractivity contribution is 14.1. The average Bonchev–Trinajstić information content (AvgIpc) is 3.42. The van der Waals surface area contributed by atoms with Crippen molar-refractivity contribution in [3.8, 4) is 17.6 Å². The fourth-order valence-corrected chi connectivity index (χ4v) is 8.65. The van der Waals surface area contributed by atoms with Crippen molar-refractivity contribution in [2.45, 2.75) is 26.5 Å². The van der Waals surface area contributed by atoms with Gasteiger partial charge in [-0.2, -0.15) is 5.26 Å². The maximum Gasteiger partial charge on any atom is 0.338 e. The second kappa shape index (κ2) is 15.5. The molecular formula is C38H29I2N3O5S. The summed E-state index contributed by atoms with van der Waals surface area (Å²) >= 11 is 5.72. The van der Waals surface area contributed by atoms with Crippen molar-refractivity contribution in [1.82, 2.24) is 4.57 Å². The molecular weight excluding hydrogens is 864 g/mol. The van der Waals surface area contributed by atoms with Gasteiger partial charge in [0.15, 0.2) is 4.80 Å². The van der Waals surface area contributed by atoms with Gasteiger partial charge in [-0.25, -0.2) is 9.79 Å². The number of nitrogens with zero attached hydrogens (tertiary/aromatic N) is 3. The molecule has 0 fully saturated rings. The van der Waals surface area contributed by atoms with Crippen LogP contribution in [0, 0.1) is 18.5 Å². The van der Waals surface area contributed by atoms with Gasteiger partial charge in [0.25, 0.3) is 5.56 Å². The molecule has 4 aromatic carbocycles. The van der Waals surface area contributed by atoms with Gasteiger partial charge in [-0.05, 0) is 107 Å². The molecule has 0 N–H and O–H groups in total. The standard InChI is InChI=1S/C38H29I2N3O5S/c1-3-46-28-16-14-25(15-17-28)34-32(37(45)47-4-2)33(24-10-6-5-7-11-24)42-38-43(34)36(44)31(49-38)20-23-18-29(39)35(30(40)19-23)48-22-27-13-9-8-12-26(27)21-41/h5-20,34H,3-4,22H2,1-2H3/b31-20-/t34-/m0/s1. The molecule has 49 heavy (non-hydrogen) atoms. The van der Waals surface area contributed by atoms with E-state index in [2.05, 4.69) is 51.3 Å². The van der Waals surface area contributed by atoms with Gasteiger partial charge < -0.3 is 14.2 Å². The molecule has 1 aromatic heterocycles. The Bertz CT molecular complexity index is 2270. The molecule has 0 saturated heterocycles. The number of carbonyl (C=O) groups excluding carboxylic acids is 1. The van der Waals surface area contributed by atoms with Crippen molar-refractivity contribution >= 4 is 74.3 Å². The van der Waals surface area contributed by atoms with Crippen molar-refractivity contribution in [2.75, 3.05) is 13.2 Å². The maximum atomic E-state index is 14.3. The highest BCUT2D eigenvalue weighted by Gasteiger charge is 2.35. The number of hydrogen-bond acceptors (Lipinski definition) is 8. The number of benzene rings is 4. The Morgan fingerprint density at radius 1 is 0.959 bits per heavy atom. The Labute approximate surface area is 314 Å². The minimum atomic E-state index is -0.782. The first-order chi connectivity index (χ1) is 23.8. The molecule has 6 rings (SSSR count). The van der Waals surface area contributed by atoms with Crippen LogP contribution in [0.25, 0.3) is 11.8 Å². The van der Waals surface area contributed by atoms with E-state index in [1.54, 1.807) is 17.6 Å². The Morgan fingerprint density at radius 3 is 2.33 bits per heavy atom. The van der Waals surface area contributed by atoms with Gasteiger partial charge in [-0.1, -0.05) is 72.0 Å². The largest absolute Gasteiger partial charge is 0.494 e. The van der Waals surface area contributed by atoms with Crippen LogP contribution in [0.1, 0.15) is 47.7 Å². The first kappa shape index (κ1) is 34.6. The summed E-state index contributed by atoms with van der Waals surface area (Å²) in [5.41, 5.74) is 4.16. The zero-order valence-corrected chi connectivity index (χ0v) is 31.6. The van der Waals surface area contributed by atoms with Crippen LogP contribution in [-0.4, -0.2) is 23.8 Å². The molecule has 246 valence electrons. The summed E-state index contributed by atoms with van der Waals surface area (Å²) in [7, 11) is 0. The lowest BCUT2D eigenvalue weighted by atomic mass is 9.93. The van der Waals surface area contributed by atoms with Crippen LogP contribution in [0.15, 0.2) is 106 Å². The zero-order chi connectivity index (χ0) is 34.5. The molecule has 0 bridgehead atoms. The molecule has 0 amide bonds. The smallest absolute Gasteiger partial charge is 0.338 e. The summed E-state index contributed by atoms with van der Waals surface area (Å²) in [6.07, 6.45) is 1.84. The van der Waals surface area contributed by atoms with Gasteiger partial charge in [0.1, 0.15) is 18.1 Å². The SMILES string of the molecule is CCOC(=O)C1=C(c2ccccc2)N=c2s/c(=C\c3cc(I)c(OCc4ccccc4C#N)c(I)c3)c(=O)n2[C@H]1c1ccc(OCC)cc1. The van der Waals surface area contributed by atoms with Gasteiger partial charge >= 0.3 is 5.97 Å². The van der Waals surface area contributed by atoms with Gasteiger partial charge in [0.05, 0.1) is 53.8 Å². The van der Waals surface area contributed by atoms with Crippen LogP contribution in [0.5, 0.6) is 11.5 Å². The molecule has 5 aromatic rings. The van der Waals surface area contributed by atoms with Crippen LogP contribution < -0.4 is 24.4 Å². The predicted octanol–water partition coefficient (Wildman–Crippen LogP) is 6.99. The third-order valence-corrected chi connectivity index (χ3v) is 10.3. The second-order valence-electron chi connectivity index (χ2n) is 10.8. The molecule has 0 spiro atoms. The van der Waals surface area contributed by atoms with E-state index in [9.17, 15) is 14.9 Å². The Hall–Kier alpha value is -4.26. The van der Waals surface area contributed by atoms with E-state index in [1.165, 1.54) is 11.3 Å². The lowest BCUT2D eigenvalue weighted by Gasteiger charge is -2.26. The van der Waals surface area contributed by atoms with Crippen LogP contribution in [0.4, 0.5) is 0 Å². The number of fused-ring (bicyclic) bond motifs is 1. The third-order valence-electron chi connectivity index (χ3n) is 7.71. The molecule has 1 aliphatic rings. The van der Waals surface area contributed by atoms with Crippen molar-refractivity contribution in [3.05, 3.63) is 151 Å². The van der Waals surface area contributed by atoms with Crippen molar-refractivity contribution < 1.29 is 19.0 Å². The number of hydrogen-bond donors (Lipinski definition) is 0. The minimum absolute atomic E-state index is 0.173. The number of aromatic nitrogens is 1. The summed E-state index contributed by atoms with van der Waals surface area (Å²) in [5.74, 6) is 0.861. The van der Waals surface area contributed by atoms with E-state index >= 15 is 0 Å². The van der Waals surface area contributed by atoms with E-state index < -0.39 is 12.0 Å². The van der Waals surface area contributed by atoms with E-state index in [0.717, 1.165) is 29.4 Å². The summed E-state index contributed by atoms with van der Waals surface area (Å²) in [5, 5.41) is 9.46. The number of nitriles is 1. The van der Waals surface area contributed by atoms with Gasteiger partial charge in [-0.3, -0.25) is 9.36 Å². The molecule has 0 aliphatic carbocycles. The fraction of sp³-hybridized carbons (Fsp3) is 0.158. The van der Waals surface area contributed by atoms with Crippen molar-refractivity contribution in [3.63, 3.8) is 0 Å². The quantitative estimate of drug-likeness (QED) is 0.111. The zero-order valence-electron chi connectivity index (χ0n) is 26.5. The number of carbonyl (C=O) groups is 1. The molecule has 8 nitrogen and oxygen atoms in total. The van der Waals surface area contributed by atoms with E-state index in [-0.39, 0.29) is 18.8 Å². The van der Waals surface area contributed by atoms with Crippen molar-refractivity contribution in [1.29, 1.82) is 5.26 Å². The van der Waals surface area contributed by atoms with Crippen LogP contribution >= 0.6 is 56.5 Å². The molecule has 0 radical (unpaired) electrons. The second-order valence-corrected chi connectivity index (χ2v) is 14.1. The van der Waals surface area contributed by atoms with E-state index in [1.807, 2.05) is 97.9 Å². The van der Waals surface area contributed by atoms with Crippen molar-refractivity contribution in [2.24, 2.45) is 4.99 Å². The topological polar surface area (TPSA) is 103 Å². The summed E-state index contributed by atoms with van der Waals surface area (Å²) < 4.78 is 21.2. The Morgan fingerprint density at radius 2 is 1.65 bits per heavy atom. The normalized spacial score (nSPS) is 14.1. The van der Waals surface area contributed by atoms with Crippen LogP contribution in [0.2, 0.25) is 0 Å².